The van der Waals surface area contributed by atoms with Crippen LogP contribution in [0.3, 0.4) is 0 Å². The van der Waals surface area contributed by atoms with E-state index in [9.17, 15) is 9.59 Å². The molecule has 1 aliphatic rings. The minimum Gasteiger partial charge on any atom is -0.338 e. The van der Waals surface area contributed by atoms with Gasteiger partial charge < -0.3 is 5.32 Å². The van der Waals surface area contributed by atoms with Crippen molar-refractivity contribution in [2.24, 2.45) is 0 Å². The molecule has 1 atom stereocenters. The summed E-state index contributed by atoms with van der Waals surface area (Å²) < 4.78 is 0. The Morgan fingerprint density at radius 3 is 2.81 bits per heavy atom. The normalized spacial score (nSPS) is 16.7. The standard InChI is InChI=1S/C20H25N3O2S/c1-2-3-11-21-20(25)22-18(24)14-23-12-9-17-16(10-13-26-17)19(23)15-7-5-4-6-8-15/h4-8,10,13,19H,2-3,9,11-12,14H2,1H3,(H2,21,22,24,25). The Morgan fingerprint density at radius 1 is 1.23 bits per heavy atom. The molecule has 3 amide bonds. The molecule has 0 aliphatic carbocycles. The van der Waals surface area contributed by atoms with Crippen LogP contribution in [-0.4, -0.2) is 36.5 Å². The van der Waals surface area contributed by atoms with Gasteiger partial charge in [0.2, 0.25) is 5.91 Å². The minimum absolute atomic E-state index is 0.0557. The Hall–Kier alpha value is -2.18. The fraction of sp³-hybridized carbons (Fsp3) is 0.400. The Labute approximate surface area is 158 Å². The van der Waals surface area contributed by atoms with E-state index in [0.29, 0.717) is 6.54 Å². The lowest BCUT2D eigenvalue weighted by atomic mass is 9.93. The van der Waals surface area contributed by atoms with E-state index < -0.39 is 6.03 Å². The molecule has 1 unspecified atom stereocenters. The van der Waals surface area contributed by atoms with E-state index in [1.807, 2.05) is 18.2 Å². The molecule has 0 saturated carbocycles. The average Bonchev–Trinajstić information content (AvgIpc) is 3.11. The van der Waals surface area contributed by atoms with Crippen LogP contribution in [0.1, 0.15) is 41.8 Å². The second kappa shape index (κ2) is 8.96. The van der Waals surface area contributed by atoms with Crippen LogP contribution < -0.4 is 10.6 Å². The summed E-state index contributed by atoms with van der Waals surface area (Å²) in [6, 6.07) is 12.0. The number of imide groups is 1. The van der Waals surface area contributed by atoms with Crippen molar-refractivity contribution in [2.75, 3.05) is 19.6 Å². The monoisotopic (exact) mass is 371 g/mol. The molecule has 0 bridgehead atoms. The third-order valence-electron chi connectivity index (χ3n) is 4.60. The van der Waals surface area contributed by atoms with Gasteiger partial charge in [0.1, 0.15) is 0 Å². The smallest absolute Gasteiger partial charge is 0.321 e. The maximum atomic E-state index is 12.4. The highest BCUT2D eigenvalue weighted by molar-refractivity contribution is 7.10. The Balaban J connectivity index is 1.68. The average molecular weight is 372 g/mol. The molecule has 0 spiro atoms. The Kier molecular flexibility index (Phi) is 6.41. The highest BCUT2D eigenvalue weighted by atomic mass is 32.1. The topological polar surface area (TPSA) is 61.4 Å². The van der Waals surface area contributed by atoms with Gasteiger partial charge in [-0.25, -0.2) is 4.79 Å². The van der Waals surface area contributed by atoms with Crippen LogP contribution in [0.5, 0.6) is 0 Å². The van der Waals surface area contributed by atoms with Crippen molar-refractivity contribution in [1.82, 2.24) is 15.5 Å². The zero-order valence-corrected chi connectivity index (χ0v) is 15.8. The van der Waals surface area contributed by atoms with Gasteiger partial charge in [0.25, 0.3) is 0 Å². The molecular formula is C20H25N3O2S. The van der Waals surface area contributed by atoms with Gasteiger partial charge in [-0.3, -0.25) is 15.0 Å². The first-order valence-corrected chi connectivity index (χ1v) is 10.00. The highest BCUT2D eigenvalue weighted by Crippen LogP contribution is 2.37. The van der Waals surface area contributed by atoms with Crippen LogP contribution in [0.4, 0.5) is 4.79 Å². The number of nitrogens with one attached hydrogen (secondary N) is 2. The second-order valence-electron chi connectivity index (χ2n) is 6.49. The van der Waals surface area contributed by atoms with Crippen LogP contribution in [-0.2, 0) is 11.2 Å². The third-order valence-corrected chi connectivity index (χ3v) is 5.59. The molecule has 1 aromatic carbocycles. The predicted octanol–water partition coefficient (Wildman–Crippen LogP) is 3.32. The number of nitrogens with zero attached hydrogens (tertiary/aromatic N) is 1. The van der Waals surface area contributed by atoms with Crippen molar-refractivity contribution in [3.63, 3.8) is 0 Å². The van der Waals surface area contributed by atoms with Crippen molar-refractivity contribution < 1.29 is 9.59 Å². The van der Waals surface area contributed by atoms with E-state index in [-0.39, 0.29) is 18.5 Å². The number of unbranched alkanes of at least 4 members (excludes halogenated alkanes) is 1. The van der Waals surface area contributed by atoms with Gasteiger partial charge in [-0.2, -0.15) is 0 Å². The molecule has 2 N–H and O–H groups in total. The lowest BCUT2D eigenvalue weighted by Crippen LogP contribution is -2.47. The van der Waals surface area contributed by atoms with E-state index >= 15 is 0 Å². The first-order valence-electron chi connectivity index (χ1n) is 9.12. The number of carbonyl (C=O) groups excluding carboxylic acids is 2. The van der Waals surface area contributed by atoms with E-state index in [2.05, 4.69) is 46.0 Å². The molecule has 0 saturated heterocycles. The van der Waals surface area contributed by atoms with Crippen molar-refractivity contribution in [1.29, 1.82) is 0 Å². The van der Waals surface area contributed by atoms with Crippen molar-refractivity contribution >= 4 is 23.3 Å². The summed E-state index contributed by atoms with van der Waals surface area (Å²) in [5, 5.41) is 7.28. The number of fused-ring (bicyclic) bond motifs is 1. The fourth-order valence-corrected chi connectivity index (χ4v) is 4.24. The van der Waals surface area contributed by atoms with Crippen LogP contribution in [0.25, 0.3) is 0 Å². The van der Waals surface area contributed by atoms with Gasteiger partial charge >= 0.3 is 6.03 Å². The maximum Gasteiger partial charge on any atom is 0.321 e. The molecule has 5 nitrogen and oxygen atoms in total. The molecule has 1 aromatic heterocycles. The zero-order chi connectivity index (χ0) is 18.4. The number of carbonyl (C=O) groups is 2. The van der Waals surface area contributed by atoms with E-state index in [4.69, 9.17) is 0 Å². The second-order valence-corrected chi connectivity index (χ2v) is 7.49. The molecule has 1 aliphatic heterocycles. The summed E-state index contributed by atoms with van der Waals surface area (Å²) in [5.41, 5.74) is 2.44. The first kappa shape index (κ1) is 18.6. The van der Waals surface area contributed by atoms with Crippen LogP contribution in [0.15, 0.2) is 41.8 Å². The predicted molar refractivity (Wildman–Crippen MR) is 104 cm³/mol. The maximum absolute atomic E-state index is 12.4. The highest BCUT2D eigenvalue weighted by Gasteiger charge is 2.30. The molecular weight excluding hydrogens is 346 g/mol. The third kappa shape index (κ3) is 4.51. The Bertz CT molecular complexity index is 745. The SMILES string of the molecule is CCCCNC(=O)NC(=O)CN1CCc2sccc2C1c1ccccc1. The molecule has 0 radical (unpaired) electrons. The molecule has 2 aromatic rings. The lowest BCUT2D eigenvalue weighted by Gasteiger charge is -2.35. The number of hydrogen-bond acceptors (Lipinski definition) is 4. The van der Waals surface area contributed by atoms with Gasteiger partial charge in [0.05, 0.1) is 12.6 Å². The van der Waals surface area contributed by atoms with Crippen LogP contribution in [0, 0.1) is 0 Å². The molecule has 26 heavy (non-hydrogen) atoms. The van der Waals surface area contributed by atoms with Gasteiger partial charge in [-0.05, 0) is 35.4 Å². The summed E-state index contributed by atoms with van der Waals surface area (Å²) >= 11 is 1.78. The number of benzene rings is 1. The lowest BCUT2D eigenvalue weighted by molar-refractivity contribution is -0.121. The summed E-state index contributed by atoms with van der Waals surface area (Å²) in [6.45, 7) is 3.65. The minimum atomic E-state index is -0.409. The molecule has 2 heterocycles. The molecule has 0 fully saturated rings. The largest absolute Gasteiger partial charge is 0.338 e. The first-order chi connectivity index (χ1) is 12.7. The van der Waals surface area contributed by atoms with Crippen LogP contribution >= 0.6 is 11.3 Å². The summed E-state index contributed by atoms with van der Waals surface area (Å²) in [4.78, 5) is 27.7. The van der Waals surface area contributed by atoms with Gasteiger partial charge in [0.15, 0.2) is 0 Å². The Morgan fingerprint density at radius 2 is 2.04 bits per heavy atom. The number of hydrogen-bond donors (Lipinski definition) is 2. The molecule has 3 rings (SSSR count). The van der Waals surface area contributed by atoms with E-state index in [1.54, 1.807) is 11.3 Å². The quantitative estimate of drug-likeness (QED) is 0.766. The number of rotatable bonds is 6. The molecule has 138 valence electrons. The van der Waals surface area contributed by atoms with Crippen molar-refractivity contribution in [3.05, 3.63) is 57.8 Å². The fourth-order valence-electron chi connectivity index (χ4n) is 3.34. The van der Waals surface area contributed by atoms with E-state index in [1.165, 1.54) is 16.0 Å². The molecule has 6 heteroatoms. The van der Waals surface area contributed by atoms with Crippen molar-refractivity contribution in [2.45, 2.75) is 32.2 Å². The van der Waals surface area contributed by atoms with Gasteiger partial charge in [0, 0.05) is 18.0 Å². The summed E-state index contributed by atoms with van der Waals surface area (Å²) in [7, 11) is 0. The van der Waals surface area contributed by atoms with E-state index in [0.717, 1.165) is 25.8 Å². The number of urea groups is 1. The summed E-state index contributed by atoms with van der Waals surface area (Å²) in [6.07, 6.45) is 2.85. The zero-order valence-electron chi connectivity index (χ0n) is 15.0. The van der Waals surface area contributed by atoms with Crippen LogP contribution in [0.2, 0.25) is 0 Å². The number of amides is 3. The summed E-state index contributed by atoms with van der Waals surface area (Å²) in [5.74, 6) is -0.265. The van der Waals surface area contributed by atoms with Gasteiger partial charge in [-0.1, -0.05) is 43.7 Å². The van der Waals surface area contributed by atoms with Gasteiger partial charge in [-0.15, -0.1) is 11.3 Å². The number of thiophene rings is 1. The van der Waals surface area contributed by atoms with Crippen molar-refractivity contribution in [3.8, 4) is 0 Å².